The maximum atomic E-state index is 12.8. The number of nitrogens with zero attached hydrogens (tertiary/aromatic N) is 3. The van der Waals surface area contributed by atoms with Gasteiger partial charge in [-0.3, -0.25) is 4.79 Å². The Morgan fingerprint density at radius 3 is 2.69 bits per heavy atom. The minimum atomic E-state index is -0.169. The second-order valence-corrected chi connectivity index (χ2v) is 7.40. The van der Waals surface area contributed by atoms with Gasteiger partial charge in [0.2, 0.25) is 0 Å². The minimum absolute atomic E-state index is 0.0293. The zero-order valence-electron chi connectivity index (χ0n) is 17.0. The maximum absolute atomic E-state index is 12.8. The van der Waals surface area contributed by atoms with E-state index in [-0.39, 0.29) is 11.9 Å². The van der Waals surface area contributed by atoms with Gasteiger partial charge in [0, 0.05) is 17.1 Å². The van der Waals surface area contributed by atoms with Gasteiger partial charge in [-0.15, -0.1) is 0 Å². The molecular weight excluding hydrogens is 388 g/mol. The zero-order chi connectivity index (χ0) is 21.0. The summed E-state index contributed by atoms with van der Waals surface area (Å²) in [4.78, 5) is 14.9. The van der Waals surface area contributed by atoms with Crippen molar-refractivity contribution in [1.82, 2.24) is 20.0 Å². The molecule has 3 rings (SSSR count). The highest BCUT2D eigenvalue weighted by Crippen LogP contribution is 2.27. The van der Waals surface area contributed by atoms with Gasteiger partial charge in [0.15, 0.2) is 0 Å². The molecule has 3 aromatic rings. The third kappa shape index (κ3) is 4.60. The molecule has 0 spiro atoms. The van der Waals surface area contributed by atoms with Crippen LogP contribution in [0, 0.1) is 6.92 Å². The number of para-hydroxylation sites is 1. The predicted molar refractivity (Wildman–Crippen MR) is 115 cm³/mol. The lowest BCUT2D eigenvalue weighted by Crippen LogP contribution is -2.35. The summed E-state index contributed by atoms with van der Waals surface area (Å²) in [5.74, 6) is 0.628. The van der Waals surface area contributed by atoms with Crippen molar-refractivity contribution < 1.29 is 9.53 Å². The number of likely N-dealkylation sites (N-methyl/N-ethyl adjacent to an activating group) is 1. The normalized spacial score (nSPS) is 12.1. The molecule has 6 nitrogen and oxygen atoms in total. The number of methoxy groups -OCH3 is 1. The van der Waals surface area contributed by atoms with Crippen molar-refractivity contribution in [2.24, 2.45) is 0 Å². The molecule has 0 aliphatic rings. The highest BCUT2D eigenvalue weighted by Gasteiger charge is 2.21. The topological polar surface area (TPSA) is 59.4 Å². The van der Waals surface area contributed by atoms with Crippen LogP contribution in [0.15, 0.2) is 54.7 Å². The van der Waals surface area contributed by atoms with Gasteiger partial charge in [-0.1, -0.05) is 35.9 Å². The smallest absolute Gasteiger partial charge is 0.254 e. The number of carbonyl (C=O) groups excluding carboxylic acids is 1. The standard InChI is InChI=1S/C22H25ClN4O2/c1-15-19(13-25-27(15)17-9-7-8-16(23)12-17)22(28)24-14-20(26(2)3)18-10-5-6-11-21(18)29-4/h5-13,20H,14H2,1-4H3,(H,24,28). The molecule has 1 N–H and O–H groups in total. The fraction of sp³-hybridized carbons (Fsp3) is 0.273. The lowest BCUT2D eigenvalue weighted by Gasteiger charge is -2.26. The van der Waals surface area contributed by atoms with Crippen LogP contribution in [0.2, 0.25) is 5.02 Å². The Balaban J connectivity index is 1.78. The molecule has 1 amide bonds. The van der Waals surface area contributed by atoms with Crippen molar-refractivity contribution in [3.8, 4) is 11.4 Å². The van der Waals surface area contributed by atoms with E-state index in [1.807, 2.05) is 63.5 Å². The highest BCUT2D eigenvalue weighted by molar-refractivity contribution is 6.30. The van der Waals surface area contributed by atoms with Crippen LogP contribution in [-0.2, 0) is 0 Å². The zero-order valence-corrected chi connectivity index (χ0v) is 17.8. The number of carbonyl (C=O) groups is 1. The number of hydrogen-bond donors (Lipinski definition) is 1. The Morgan fingerprint density at radius 1 is 1.24 bits per heavy atom. The first-order chi connectivity index (χ1) is 13.9. The second kappa shape index (κ2) is 9.11. The summed E-state index contributed by atoms with van der Waals surface area (Å²) in [7, 11) is 5.61. The van der Waals surface area contributed by atoms with E-state index < -0.39 is 0 Å². The quantitative estimate of drug-likeness (QED) is 0.639. The Morgan fingerprint density at radius 2 is 2.00 bits per heavy atom. The molecule has 1 aromatic heterocycles. The molecule has 1 heterocycles. The first-order valence-corrected chi connectivity index (χ1v) is 9.68. The summed E-state index contributed by atoms with van der Waals surface area (Å²) in [6, 6.07) is 15.2. The van der Waals surface area contributed by atoms with E-state index in [1.165, 1.54) is 0 Å². The number of aromatic nitrogens is 2. The lowest BCUT2D eigenvalue weighted by molar-refractivity contribution is 0.0941. The fourth-order valence-electron chi connectivity index (χ4n) is 3.30. The van der Waals surface area contributed by atoms with Gasteiger partial charge >= 0.3 is 0 Å². The molecule has 29 heavy (non-hydrogen) atoms. The predicted octanol–water partition coefficient (Wildman–Crippen LogP) is 3.88. The molecule has 0 saturated heterocycles. The third-order valence-electron chi connectivity index (χ3n) is 4.88. The van der Waals surface area contributed by atoms with E-state index in [4.69, 9.17) is 16.3 Å². The van der Waals surface area contributed by atoms with E-state index in [9.17, 15) is 4.79 Å². The third-order valence-corrected chi connectivity index (χ3v) is 5.12. The van der Waals surface area contributed by atoms with Crippen LogP contribution in [0.4, 0.5) is 0 Å². The van der Waals surface area contributed by atoms with Crippen molar-refractivity contribution in [1.29, 1.82) is 0 Å². The molecule has 0 aliphatic carbocycles. The van der Waals surface area contributed by atoms with Gasteiger partial charge in [0.05, 0.1) is 36.3 Å². The van der Waals surface area contributed by atoms with Crippen LogP contribution in [-0.4, -0.2) is 48.3 Å². The lowest BCUT2D eigenvalue weighted by atomic mass is 10.0. The molecule has 2 aromatic carbocycles. The molecule has 7 heteroatoms. The van der Waals surface area contributed by atoms with Crippen molar-refractivity contribution >= 4 is 17.5 Å². The number of ether oxygens (including phenoxy) is 1. The molecule has 0 aliphatic heterocycles. The maximum Gasteiger partial charge on any atom is 0.254 e. The first kappa shape index (κ1) is 20.9. The highest BCUT2D eigenvalue weighted by atomic mass is 35.5. The van der Waals surface area contributed by atoms with Crippen LogP contribution < -0.4 is 10.1 Å². The van der Waals surface area contributed by atoms with Crippen molar-refractivity contribution in [2.75, 3.05) is 27.7 Å². The van der Waals surface area contributed by atoms with E-state index in [0.29, 0.717) is 17.1 Å². The van der Waals surface area contributed by atoms with Gasteiger partial charge in [-0.05, 0) is 45.3 Å². The number of halogens is 1. The molecule has 152 valence electrons. The molecular formula is C22H25ClN4O2. The van der Waals surface area contributed by atoms with Crippen molar-refractivity contribution in [2.45, 2.75) is 13.0 Å². The van der Waals surface area contributed by atoms with Crippen LogP contribution >= 0.6 is 11.6 Å². The summed E-state index contributed by atoms with van der Waals surface area (Å²) in [6.07, 6.45) is 1.58. The van der Waals surface area contributed by atoms with E-state index in [2.05, 4.69) is 15.3 Å². The van der Waals surface area contributed by atoms with Crippen LogP contribution in [0.25, 0.3) is 5.69 Å². The first-order valence-electron chi connectivity index (χ1n) is 9.30. The largest absolute Gasteiger partial charge is 0.496 e. The van der Waals surface area contributed by atoms with E-state index in [0.717, 1.165) is 22.7 Å². The molecule has 0 bridgehead atoms. The fourth-order valence-corrected chi connectivity index (χ4v) is 3.48. The van der Waals surface area contributed by atoms with E-state index in [1.54, 1.807) is 24.1 Å². The molecule has 0 radical (unpaired) electrons. The Bertz CT molecular complexity index is 1000. The molecule has 1 atom stereocenters. The van der Waals surface area contributed by atoms with Gasteiger partial charge in [0.1, 0.15) is 5.75 Å². The number of amides is 1. The summed E-state index contributed by atoms with van der Waals surface area (Å²) < 4.78 is 7.20. The number of rotatable bonds is 7. The number of benzene rings is 2. The van der Waals surface area contributed by atoms with E-state index >= 15 is 0 Å². The number of hydrogen-bond acceptors (Lipinski definition) is 4. The van der Waals surface area contributed by atoms with Crippen molar-refractivity contribution in [3.05, 3.63) is 76.6 Å². The summed E-state index contributed by atoms with van der Waals surface area (Å²) in [5, 5.41) is 8.01. The summed E-state index contributed by atoms with van der Waals surface area (Å²) >= 11 is 6.08. The molecule has 0 saturated carbocycles. The monoisotopic (exact) mass is 412 g/mol. The second-order valence-electron chi connectivity index (χ2n) is 6.97. The average molecular weight is 413 g/mol. The SMILES string of the molecule is COc1ccccc1C(CNC(=O)c1cnn(-c2cccc(Cl)c2)c1C)N(C)C. The van der Waals surface area contributed by atoms with Crippen molar-refractivity contribution in [3.63, 3.8) is 0 Å². The van der Waals surface area contributed by atoms with Crippen LogP contribution in [0.3, 0.4) is 0 Å². The molecule has 1 unspecified atom stereocenters. The minimum Gasteiger partial charge on any atom is -0.496 e. The summed E-state index contributed by atoms with van der Waals surface area (Å²) in [6.45, 7) is 2.31. The Hall–Kier alpha value is -2.83. The van der Waals surface area contributed by atoms with Gasteiger partial charge in [0.25, 0.3) is 5.91 Å². The molecule has 0 fully saturated rings. The summed E-state index contributed by atoms with van der Waals surface area (Å²) in [5.41, 5.74) is 3.12. The Kier molecular flexibility index (Phi) is 6.56. The van der Waals surface area contributed by atoms with Gasteiger partial charge < -0.3 is 15.0 Å². The van der Waals surface area contributed by atoms with Crippen LogP contribution in [0.1, 0.15) is 27.7 Å². The van der Waals surface area contributed by atoms with Gasteiger partial charge in [-0.25, -0.2) is 4.68 Å². The number of nitrogens with one attached hydrogen (secondary N) is 1. The average Bonchev–Trinajstić information content (AvgIpc) is 3.09. The van der Waals surface area contributed by atoms with Crippen LogP contribution in [0.5, 0.6) is 5.75 Å². The van der Waals surface area contributed by atoms with Gasteiger partial charge in [-0.2, -0.15) is 5.10 Å². The Labute approximate surface area is 176 Å².